The number of rotatable bonds is 3. The van der Waals surface area contributed by atoms with Crippen LogP contribution in [0, 0.1) is 0 Å². The second-order valence-electron chi connectivity index (χ2n) is 4.13. The molecule has 1 heterocycles. The summed E-state index contributed by atoms with van der Waals surface area (Å²) < 4.78 is 47.4. The smallest absolute Gasteiger partial charge is 0.417 e. The number of carbonyl (C=O) groups excluding carboxylic acids is 1. The van der Waals surface area contributed by atoms with Gasteiger partial charge in [-0.1, -0.05) is 17.7 Å². The zero-order valence-electron chi connectivity index (χ0n) is 11.1. The number of alkyl halides is 3. The van der Waals surface area contributed by atoms with Gasteiger partial charge in [0.15, 0.2) is 0 Å². The summed E-state index contributed by atoms with van der Waals surface area (Å²) in [5.74, 6) is -0.578. The van der Waals surface area contributed by atoms with Crippen molar-refractivity contribution in [2.75, 3.05) is 7.11 Å². The fourth-order valence-corrected chi connectivity index (χ4v) is 1.78. The number of ether oxygens (including phenoxy) is 2. The second-order valence-corrected chi connectivity index (χ2v) is 4.54. The highest BCUT2D eigenvalue weighted by atomic mass is 35.5. The van der Waals surface area contributed by atoms with E-state index in [2.05, 4.69) is 9.72 Å². The summed E-state index contributed by atoms with van der Waals surface area (Å²) in [5, 5.41) is -0.293. The van der Waals surface area contributed by atoms with Crippen LogP contribution in [0.15, 0.2) is 36.5 Å². The van der Waals surface area contributed by atoms with E-state index in [-0.39, 0.29) is 22.2 Å². The van der Waals surface area contributed by atoms with E-state index in [0.29, 0.717) is 12.3 Å². The minimum atomic E-state index is -4.54. The lowest BCUT2D eigenvalue weighted by Gasteiger charge is -2.10. The van der Waals surface area contributed by atoms with Gasteiger partial charge in [0.2, 0.25) is 5.88 Å². The molecule has 0 saturated carbocycles. The molecule has 0 radical (unpaired) electrons. The average molecular weight is 332 g/mol. The van der Waals surface area contributed by atoms with Gasteiger partial charge < -0.3 is 9.47 Å². The molecule has 4 nitrogen and oxygen atoms in total. The number of carbonyl (C=O) groups is 1. The summed E-state index contributed by atoms with van der Waals surface area (Å²) in [7, 11) is 1.23. The van der Waals surface area contributed by atoms with Gasteiger partial charge in [0.1, 0.15) is 10.8 Å². The van der Waals surface area contributed by atoms with E-state index in [1.807, 2.05) is 0 Å². The number of benzene rings is 1. The Kier molecular flexibility index (Phi) is 4.56. The van der Waals surface area contributed by atoms with Gasteiger partial charge in [0.25, 0.3) is 0 Å². The Morgan fingerprint density at radius 3 is 2.59 bits per heavy atom. The van der Waals surface area contributed by atoms with Crippen LogP contribution in [0.5, 0.6) is 11.6 Å². The molecule has 0 fully saturated rings. The Bertz CT molecular complexity index is 704. The molecule has 0 aliphatic carbocycles. The van der Waals surface area contributed by atoms with Crippen molar-refractivity contribution in [3.63, 3.8) is 0 Å². The SMILES string of the molecule is COC(=O)c1cccc(Oc2ncc(C(F)(F)F)cc2Cl)c1. The van der Waals surface area contributed by atoms with Gasteiger partial charge in [0.05, 0.1) is 18.2 Å². The van der Waals surface area contributed by atoms with Crippen molar-refractivity contribution in [1.82, 2.24) is 4.98 Å². The van der Waals surface area contributed by atoms with Crippen molar-refractivity contribution in [3.05, 3.63) is 52.7 Å². The fraction of sp³-hybridized carbons (Fsp3) is 0.143. The van der Waals surface area contributed by atoms with Gasteiger partial charge >= 0.3 is 12.1 Å². The first-order valence-electron chi connectivity index (χ1n) is 5.90. The van der Waals surface area contributed by atoms with Crippen molar-refractivity contribution >= 4 is 17.6 Å². The molecule has 2 rings (SSSR count). The molecule has 0 unspecified atom stereocenters. The highest BCUT2D eigenvalue weighted by Gasteiger charge is 2.31. The molecule has 0 N–H and O–H groups in total. The van der Waals surface area contributed by atoms with Crippen molar-refractivity contribution in [1.29, 1.82) is 0 Å². The molecule has 0 atom stereocenters. The maximum Gasteiger partial charge on any atom is 0.417 e. The quantitative estimate of drug-likeness (QED) is 0.785. The first kappa shape index (κ1) is 16.1. The third kappa shape index (κ3) is 3.67. The highest BCUT2D eigenvalue weighted by molar-refractivity contribution is 6.31. The maximum atomic E-state index is 12.5. The van der Waals surface area contributed by atoms with Crippen molar-refractivity contribution < 1.29 is 27.4 Å². The third-order valence-electron chi connectivity index (χ3n) is 2.60. The van der Waals surface area contributed by atoms with E-state index in [1.54, 1.807) is 0 Å². The lowest BCUT2D eigenvalue weighted by Crippen LogP contribution is -2.06. The van der Waals surface area contributed by atoms with Gasteiger partial charge in [0, 0.05) is 6.20 Å². The Balaban J connectivity index is 2.26. The minimum absolute atomic E-state index is 0.192. The summed E-state index contributed by atoms with van der Waals surface area (Å²) in [6.07, 6.45) is -3.93. The molecule has 0 spiro atoms. The number of pyridine rings is 1. The normalized spacial score (nSPS) is 11.1. The Labute approximate surface area is 128 Å². The van der Waals surface area contributed by atoms with Crippen molar-refractivity contribution in [2.24, 2.45) is 0 Å². The van der Waals surface area contributed by atoms with Crippen LogP contribution in [0.4, 0.5) is 13.2 Å². The molecule has 1 aromatic heterocycles. The van der Waals surface area contributed by atoms with E-state index in [1.165, 1.54) is 31.4 Å². The molecule has 0 amide bonds. The summed E-state index contributed by atoms with van der Waals surface area (Å²) in [5.41, 5.74) is -0.754. The number of halogens is 4. The predicted octanol–water partition coefficient (Wildman–Crippen LogP) is 4.33. The van der Waals surface area contributed by atoms with E-state index in [4.69, 9.17) is 16.3 Å². The Morgan fingerprint density at radius 1 is 1.27 bits per heavy atom. The molecule has 0 aliphatic rings. The predicted molar refractivity (Wildman–Crippen MR) is 72.1 cm³/mol. The lowest BCUT2D eigenvalue weighted by molar-refractivity contribution is -0.137. The molecule has 2 aromatic rings. The largest absolute Gasteiger partial charge is 0.465 e. The molecule has 1 aromatic carbocycles. The molecule has 0 bridgehead atoms. The van der Waals surface area contributed by atoms with Crippen LogP contribution in [0.2, 0.25) is 5.02 Å². The van der Waals surface area contributed by atoms with E-state index < -0.39 is 17.7 Å². The monoisotopic (exact) mass is 331 g/mol. The second kappa shape index (κ2) is 6.23. The molecule has 22 heavy (non-hydrogen) atoms. The summed E-state index contributed by atoms with van der Waals surface area (Å²) in [6.45, 7) is 0. The van der Waals surface area contributed by atoms with Gasteiger partial charge in [-0.3, -0.25) is 0 Å². The molecule has 0 aliphatic heterocycles. The first-order valence-corrected chi connectivity index (χ1v) is 6.28. The molecule has 116 valence electrons. The highest BCUT2D eigenvalue weighted by Crippen LogP contribution is 2.34. The van der Waals surface area contributed by atoms with Gasteiger partial charge in [-0.2, -0.15) is 13.2 Å². The first-order chi connectivity index (χ1) is 10.3. The maximum absolute atomic E-state index is 12.5. The number of hydrogen-bond acceptors (Lipinski definition) is 4. The van der Waals surface area contributed by atoms with Crippen LogP contribution in [-0.4, -0.2) is 18.1 Å². The van der Waals surface area contributed by atoms with Crippen LogP contribution < -0.4 is 4.74 Å². The topological polar surface area (TPSA) is 48.4 Å². The van der Waals surface area contributed by atoms with Gasteiger partial charge in [-0.25, -0.2) is 9.78 Å². The number of hydrogen-bond donors (Lipinski definition) is 0. The Morgan fingerprint density at radius 2 is 2.00 bits per heavy atom. The van der Waals surface area contributed by atoms with Gasteiger partial charge in [-0.15, -0.1) is 0 Å². The molecular formula is C14H9ClF3NO3. The zero-order valence-corrected chi connectivity index (χ0v) is 11.9. The number of aromatic nitrogens is 1. The standard InChI is InChI=1S/C14H9ClF3NO3/c1-21-13(20)8-3-2-4-10(5-8)22-12-11(15)6-9(7-19-12)14(16,17)18/h2-7H,1H3. The van der Waals surface area contributed by atoms with Crippen LogP contribution in [0.3, 0.4) is 0 Å². The van der Waals surface area contributed by atoms with Crippen LogP contribution >= 0.6 is 11.6 Å². The summed E-state index contributed by atoms with van der Waals surface area (Å²) >= 11 is 5.74. The van der Waals surface area contributed by atoms with Crippen LogP contribution in [-0.2, 0) is 10.9 Å². The van der Waals surface area contributed by atoms with Crippen LogP contribution in [0.1, 0.15) is 15.9 Å². The lowest BCUT2D eigenvalue weighted by atomic mass is 10.2. The minimum Gasteiger partial charge on any atom is -0.465 e. The molecular weight excluding hydrogens is 323 g/mol. The molecule has 0 saturated heterocycles. The fourth-order valence-electron chi connectivity index (χ4n) is 1.57. The van der Waals surface area contributed by atoms with Gasteiger partial charge in [-0.05, 0) is 24.3 Å². The number of nitrogens with zero attached hydrogens (tertiary/aromatic N) is 1. The zero-order chi connectivity index (χ0) is 16.3. The third-order valence-corrected chi connectivity index (χ3v) is 2.88. The number of esters is 1. The van der Waals surface area contributed by atoms with E-state index in [0.717, 1.165) is 0 Å². The summed E-state index contributed by atoms with van der Waals surface area (Å²) in [6, 6.07) is 6.61. The number of methoxy groups -OCH3 is 1. The van der Waals surface area contributed by atoms with E-state index in [9.17, 15) is 18.0 Å². The molecule has 8 heteroatoms. The van der Waals surface area contributed by atoms with E-state index >= 15 is 0 Å². The Hall–Kier alpha value is -2.28. The average Bonchev–Trinajstić information content (AvgIpc) is 2.47. The van der Waals surface area contributed by atoms with Crippen molar-refractivity contribution in [2.45, 2.75) is 6.18 Å². The van der Waals surface area contributed by atoms with Crippen molar-refractivity contribution in [3.8, 4) is 11.6 Å². The summed E-state index contributed by atoms with van der Waals surface area (Å²) in [4.78, 5) is 14.9. The van der Waals surface area contributed by atoms with Crippen LogP contribution in [0.25, 0.3) is 0 Å².